The summed E-state index contributed by atoms with van der Waals surface area (Å²) < 4.78 is 5.30. The van der Waals surface area contributed by atoms with Crippen molar-refractivity contribution in [2.24, 2.45) is 17.8 Å². The highest BCUT2D eigenvalue weighted by atomic mass is 32.1. The largest absolute Gasteiger partial charge is 0.414 e. The van der Waals surface area contributed by atoms with Gasteiger partial charge in [-0.25, -0.2) is 5.10 Å². The molecule has 0 aliphatic heterocycles. The molecule has 2 bridgehead atoms. The van der Waals surface area contributed by atoms with Gasteiger partial charge < -0.3 is 4.42 Å². The van der Waals surface area contributed by atoms with Gasteiger partial charge in [0, 0.05) is 6.42 Å². The molecule has 1 unspecified atom stereocenters. The lowest BCUT2D eigenvalue weighted by atomic mass is 9.86. The first-order chi connectivity index (χ1) is 6.81. The molecule has 3 rings (SSSR count). The molecule has 1 heterocycles. The molecule has 0 saturated heterocycles. The lowest BCUT2D eigenvalue weighted by Gasteiger charge is -2.19. The Morgan fingerprint density at radius 1 is 1.43 bits per heavy atom. The second kappa shape index (κ2) is 3.19. The number of fused-ring (bicyclic) bond motifs is 2. The van der Waals surface area contributed by atoms with E-state index in [1.54, 1.807) is 0 Å². The minimum Gasteiger partial charge on any atom is -0.414 e. The predicted octanol–water partition coefficient (Wildman–Crippen LogP) is 2.71. The molecule has 3 nitrogen and oxygen atoms in total. The molecule has 1 N–H and O–H groups in total. The maximum Gasteiger partial charge on any atom is 0.284 e. The van der Waals surface area contributed by atoms with Crippen molar-refractivity contribution in [3.8, 4) is 0 Å². The van der Waals surface area contributed by atoms with E-state index in [-0.39, 0.29) is 0 Å². The fourth-order valence-electron chi connectivity index (χ4n) is 3.20. The topological polar surface area (TPSA) is 41.8 Å². The quantitative estimate of drug-likeness (QED) is 0.763. The number of aromatic nitrogens is 2. The summed E-state index contributed by atoms with van der Waals surface area (Å²) in [5.41, 5.74) is 0. The van der Waals surface area contributed by atoms with Crippen LogP contribution in [0.3, 0.4) is 0 Å². The summed E-state index contributed by atoms with van der Waals surface area (Å²) in [6.07, 6.45) is 6.66. The summed E-state index contributed by atoms with van der Waals surface area (Å²) in [5, 5.41) is 6.75. The van der Waals surface area contributed by atoms with Gasteiger partial charge in [-0.05, 0) is 49.2 Å². The third-order valence-electron chi connectivity index (χ3n) is 3.80. The fourth-order valence-corrected chi connectivity index (χ4v) is 3.34. The van der Waals surface area contributed by atoms with Crippen LogP contribution >= 0.6 is 12.2 Å². The maximum atomic E-state index is 5.30. The van der Waals surface area contributed by atoms with E-state index in [4.69, 9.17) is 16.6 Å². The minimum atomic E-state index is 0.406. The van der Waals surface area contributed by atoms with E-state index in [0.29, 0.717) is 4.84 Å². The Labute approximate surface area is 87.9 Å². The molecule has 76 valence electrons. The second-order valence-electron chi connectivity index (χ2n) is 4.65. The Balaban J connectivity index is 1.71. The molecule has 1 aromatic rings. The van der Waals surface area contributed by atoms with Gasteiger partial charge in [-0.15, -0.1) is 5.10 Å². The van der Waals surface area contributed by atoms with Gasteiger partial charge in [0.25, 0.3) is 4.84 Å². The van der Waals surface area contributed by atoms with Crippen molar-refractivity contribution in [1.29, 1.82) is 0 Å². The van der Waals surface area contributed by atoms with Crippen LogP contribution in [0.25, 0.3) is 0 Å². The van der Waals surface area contributed by atoms with Crippen molar-refractivity contribution < 1.29 is 4.42 Å². The first-order valence-electron chi connectivity index (χ1n) is 5.35. The fraction of sp³-hybridized carbons (Fsp3) is 0.800. The number of nitrogens with one attached hydrogen (secondary N) is 1. The van der Waals surface area contributed by atoms with Gasteiger partial charge in [0.15, 0.2) is 0 Å². The number of hydrogen-bond acceptors (Lipinski definition) is 3. The Morgan fingerprint density at radius 2 is 2.36 bits per heavy atom. The number of H-pyrrole nitrogens is 1. The average molecular weight is 210 g/mol. The van der Waals surface area contributed by atoms with E-state index in [9.17, 15) is 0 Å². The standard InChI is InChI=1S/C10H14N2OS/c14-10-12-11-9(13-10)5-8-4-6-1-2-7(8)3-6/h6-8H,1-5H2,(H,12,14)/t6-,7+,8?/m1/s1. The molecule has 2 aliphatic carbocycles. The average Bonchev–Trinajstić information content (AvgIpc) is 2.82. The number of nitrogens with zero attached hydrogens (tertiary/aromatic N) is 1. The van der Waals surface area contributed by atoms with Gasteiger partial charge >= 0.3 is 0 Å². The maximum absolute atomic E-state index is 5.30. The monoisotopic (exact) mass is 210 g/mol. The predicted molar refractivity (Wildman–Crippen MR) is 54.3 cm³/mol. The molecule has 2 fully saturated rings. The number of hydrogen-bond donors (Lipinski definition) is 1. The van der Waals surface area contributed by atoms with Crippen LogP contribution in [-0.4, -0.2) is 10.2 Å². The highest BCUT2D eigenvalue weighted by Gasteiger charge is 2.39. The molecular weight excluding hydrogens is 196 g/mol. The molecule has 14 heavy (non-hydrogen) atoms. The van der Waals surface area contributed by atoms with E-state index >= 15 is 0 Å². The van der Waals surface area contributed by atoms with E-state index < -0.39 is 0 Å². The van der Waals surface area contributed by atoms with Crippen molar-refractivity contribution in [3.05, 3.63) is 10.7 Å². The van der Waals surface area contributed by atoms with Gasteiger partial charge in [-0.2, -0.15) is 0 Å². The Morgan fingerprint density at radius 3 is 2.93 bits per heavy atom. The molecular formula is C10H14N2OS. The van der Waals surface area contributed by atoms with Crippen LogP contribution in [0.15, 0.2) is 4.42 Å². The van der Waals surface area contributed by atoms with Crippen LogP contribution in [0.4, 0.5) is 0 Å². The summed E-state index contributed by atoms with van der Waals surface area (Å²) >= 11 is 4.86. The molecule has 2 aliphatic rings. The third-order valence-corrected chi connectivity index (χ3v) is 3.98. The van der Waals surface area contributed by atoms with Crippen molar-refractivity contribution in [2.45, 2.75) is 32.1 Å². The summed E-state index contributed by atoms with van der Waals surface area (Å²) in [4.78, 5) is 0.406. The number of rotatable bonds is 2. The molecule has 2 saturated carbocycles. The van der Waals surface area contributed by atoms with Gasteiger partial charge in [-0.3, -0.25) is 0 Å². The van der Waals surface area contributed by atoms with Gasteiger partial charge in [0.1, 0.15) is 0 Å². The molecule has 0 aromatic carbocycles. The molecule has 1 aromatic heterocycles. The summed E-state index contributed by atoms with van der Waals surface area (Å²) in [6, 6.07) is 0. The van der Waals surface area contributed by atoms with Crippen LogP contribution < -0.4 is 0 Å². The van der Waals surface area contributed by atoms with Crippen molar-refractivity contribution in [1.82, 2.24) is 10.2 Å². The zero-order valence-corrected chi connectivity index (χ0v) is 8.85. The van der Waals surface area contributed by atoms with E-state index in [2.05, 4.69) is 10.2 Å². The molecule has 0 radical (unpaired) electrons. The Kier molecular flexibility index (Phi) is 1.97. The molecule has 0 spiro atoms. The molecule has 3 atom stereocenters. The summed E-state index contributed by atoms with van der Waals surface area (Å²) in [5.74, 6) is 3.52. The SMILES string of the molecule is S=c1[nH]nc(CC2C[C@@H]3CC[C@H]2C3)o1. The van der Waals surface area contributed by atoms with Crippen LogP contribution in [0.5, 0.6) is 0 Å². The Hall–Kier alpha value is -0.640. The minimum absolute atomic E-state index is 0.406. The lowest BCUT2D eigenvalue weighted by Crippen LogP contribution is -2.13. The molecule has 0 amide bonds. The van der Waals surface area contributed by atoms with Crippen LogP contribution in [0, 0.1) is 22.6 Å². The molecule has 4 heteroatoms. The zero-order valence-electron chi connectivity index (χ0n) is 8.03. The van der Waals surface area contributed by atoms with E-state index in [1.807, 2.05) is 0 Å². The summed E-state index contributed by atoms with van der Waals surface area (Å²) in [7, 11) is 0. The van der Waals surface area contributed by atoms with Gasteiger partial charge in [-0.1, -0.05) is 6.42 Å². The van der Waals surface area contributed by atoms with Crippen molar-refractivity contribution >= 4 is 12.2 Å². The first-order valence-corrected chi connectivity index (χ1v) is 5.76. The van der Waals surface area contributed by atoms with Gasteiger partial charge in [0.05, 0.1) is 0 Å². The van der Waals surface area contributed by atoms with Gasteiger partial charge in [0.2, 0.25) is 5.89 Å². The van der Waals surface area contributed by atoms with Crippen molar-refractivity contribution in [2.75, 3.05) is 0 Å². The normalized spacial score (nSPS) is 35.3. The Bertz CT molecular complexity index is 383. The lowest BCUT2D eigenvalue weighted by molar-refractivity contribution is 0.306. The second-order valence-corrected chi connectivity index (χ2v) is 5.02. The van der Waals surface area contributed by atoms with Crippen LogP contribution in [0.1, 0.15) is 31.6 Å². The zero-order chi connectivity index (χ0) is 9.54. The third kappa shape index (κ3) is 1.41. The summed E-state index contributed by atoms with van der Waals surface area (Å²) in [6.45, 7) is 0. The van der Waals surface area contributed by atoms with Crippen LogP contribution in [-0.2, 0) is 6.42 Å². The van der Waals surface area contributed by atoms with Crippen molar-refractivity contribution in [3.63, 3.8) is 0 Å². The number of aromatic amines is 1. The van der Waals surface area contributed by atoms with E-state index in [1.165, 1.54) is 25.7 Å². The highest BCUT2D eigenvalue weighted by Crippen LogP contribution is 2.49. The first kappa shape index (κ1) is 8.65. The van der Waals surface area contributed by atoms with E-state index in [0.717, 1.165) is 30.1 Å². The van der Waals surface area contributed by atoms with Crippen LogP contribution in [0.2, 0.25) is 0 Å². The highest BCUT2D eigenvalue weighted by molar-refractivity contribution is 7.71. The smallest absolute Gasteiger partial charge is 0.284 e.